The minimum absolute atomic E-state index is 0.00838. The molecule has 2 aliphatic rings. The van der Waals surface area contributed by atoms with Gasteiger partial charge in [-0.2, -0.15) is 0 Å². The molecule has 0 spiro atoms. The van der Waals surface area contributed by atoms with Crippen molar-refractivity contribution in [3.05, 3.63) is 0 Å². The van der Waals surface area contributed by atoms with Gasteiger partial charge in [0.2, 0.25) is 11.8 Å². The fourth-order valence-electron chi connectivity index (χ4n) is 4.42. The smallest absolute Gasteiger partial charge is 0.410 e. The Morgan fingerprint density at radius 3 is 2.32 bits per heavy atom. The van der Waals surface area contributed by atoms with E-state index in [0.29, 0.717) is 44.9 Å². The van der Waals surface area contributed by atoms with E-state index in [-0.39, 0.29) is 37.0 Å². The van der Waals surface area contributed by atoms with Gasteiger partial charge in [-0.3, -0.25) is 14.4 Å². The highest BCUT2D eigenvalue weighted by atomic mass is 16.6. The van der Waals surface area contributed by atoms with Crippen molar-refractivity contribution in [2.45, 2.75) is 64.9 Å². The summed E-state index contributed by atoms with van der Waals surface area (Å²) in [6.45, 7) is 7.88. The average molecular weight is 484 g/mol. The molecule has 2 rings (SSSR count). The molecule has 3 amide bonds. The monoisotopic (exact) mass is 483 g/mol. The number of piperidine rings is 2. The van der Waals surface area contributed by atoms with Crippen LogP contribution in [-0.2, 0) is 23.9 Å². The molecule has 0 unspecified atom stereocenters. The highest BCUT2D eigenvalue weighted by molar-refractivity contribution is 5.82. The number of hydrogen-bond donors (Lipinski definition) is 2. The first-order valence-corrected chi connectivity index (χ1v) is 12.2. The minimum Gasteiger partial charge on any atom is -0.481 e. The number of ether oxygens (including phenoxy) is 2. The van der Waals surface area contributed by atoms with Gasteiger partial charge in [0, 0.05) is 46.3 Å². The van der Waals surface area contributed by atoms with Gasteiger partial charge in [-0.25, -0.2) is 4.79 Å². The number of nitrogens with one attached hydrogen (secondary N) is 1. The number of carboxylic acids is 1. The van der Waals surface area contributed by atoms with Crippen molar-refractivity contribution in [1.29, 1.82) is 0 Å². The summed E-state index contributed by atoms with van der Waals surface area (Å²) >= 11 is 0. The van der Waals surface area contributed by atoms with Gasteiger partial charge in [-0.05, 0) is 58.8 Å². The summed E-state index contributed by atoms with van der Waals surface area (Å²) in [6.07, 6.45) is 4.05. The molecule has 0 aromatic heterocycles. The number of nitrogens with zero attached hydrogens (tertiary/aromatic N) is 2. The summed E-state index contributed by atoms with van der Waals surface area (Å²) in [6, 6.07) is 0. The maximum Gasteiger partial charge on any atom is 0.410 e. The average Bonchev–Trinajstić information content (AvgIpc) is 2.79. The SMILES string of the molecule is COC[C@H](CNC(=O)[C@@H]1CCCN(C(=O)CCC2CCN(C(=O)OC(C)(C)C)CC2)C1)C(=O)O. The van der Waals surface area contributed by atoms with E-state index in [1.807, 2.05) is 20.8 Å². The minimum atomic E-state index is -1.01. The van der Waals surface area contributed by atoms with Crippen LogP contribution in [0.1, 0.15) is 59.3 Å². The van der Waals surface area contributed by atoms with Crippen molar-refractivity contribution >= 4 is 23.9 Å². The van der Waals surface area contributed by atoms with Crippen LogP contribution < -0.4 is 5.32 Å². The molecule has 34 heavy (non-hydrogen) atoms. The Morgan fingerprint density at radius 2 is 1.74 bits per heavy atom. The van der Waals surface area contributed by atoms with Crippen molar-refractivity contribution in [1.82, 2.24) is 15.1 Å². The van der Waals surface area contributed by atoms with E-state index >= 15 is 0 Å². The molecule has 2 atom stereocenters. The lowest BCUT2D eigenvalue weighted by atomic mass is 9.91. The Hall–Kier alpha value is -2.36. The van der Waals surface area contributed by atoms with Crippen molar-refractivity contribution in [3.63, 3.8) is 0 Å². The topological polar surface area (TPSA) is 125 Å². The van der Waals surface area contributed by atoms with Crippen LogP contribution in [0.5, 0.6) is 0 Å². The quantitative estimate of drug-likeness (QED) is 0.514. The summed E-state index contributed by atoms with van der Waals surface area (Å²) < 4.78 is 10.3. The second-order valence-corrected chi connectivity index (χ2v) is 10.4. The molecule has 2 heterocycles. The van der Waals surface area contributed by atoms with Crippen LogP contribution in [0.2, 0.25) is 0 Å². The van der Waals surface area contributed by atoms with Gasteiger partial charge in [0.15, 0.2) is 0 Å². The number of methoxy groups -OCH3 is 1. The van der Waals surface area contributed by atoms with E-state index in [2.05, 4.69) is 5.32 Å². The Labute approximate surface area is 202 Å². The number of likely N-dealkylation sites (tertiary alicyclic amines) is 2. The molecule has 2 N–H and O–H groups in total. The van der Waals surface area contributed by atoms with E-state index in [1.165, 1.54) is 7.11 Å². The maximum absolute atomic E-state index is 12.8. The third-order valence-electron chi connectivity index (χ3n) is 6.42. The van der Waals surface area contributed by atoms with E-state index in [1.54, 1.807) is 9.80 Å². The molecule has 0 saturated carbocycles. The lowest BCUT2D eigenvalue weighted by Gasteiger charge is -2.34. The number of amides is 3. The second-order valence-electron chi connectivity index (χ2n) is 10.4. The van der Waals surface area contributed by atoms with Gasteiger partial charge in [-0.15, -0.1) is 0 Å². The lowest BCUT2D eigenvalue weighted by molar-refractivity contribution is -0.143. The first kappa shape index (κ1) is 27.9. The standard InChI is InChI=1S/C24H41N3O7/c1-24(2,3)34-23(32)26-12-9-17(10-13-26)7-8-20(28)27-11-5-6-18(15-27)21(29)25-14-19(16-33-4)22(30)31/h17-19H,5-16H2,1-4H3,(H,25,29)(H,30,31)/t18-,19+/m1/s1. The van der Waals surface area contributed by atoms with Crippen LogP contribution in [-0.4, -0.2) is 90.8 Å². The molecule has 0 bridgehead atoms. The van der Waals surface area contributed by atoms with E-state index in [4.69, 9.17) is 9.47 Å². The highest BCUT2D eigenvalue weighted by Gasteiger charge is 2.31. The molecule has 0 aliphatic carbocycles. The Kier molecular flexibility index (Phi) is 10.6. The Balaban J connectivity index is 1.72. The zero-order valence-electron chi connectivity index (χ0n) is 21.0. The molecule has 10 heteroatoms. The largest absolute Gasteiger partial charge is 0.481 e. The number of hydrogen-bond acceptors (Lipinski definition) is 6. The summed E-state index contributed by atoms with van der Waals surface area (Å²) in [5.41, 5.74) is -0.508. The van der Waals surface area contributed by atoms with Crippen LogP contribution in [0.25, 0.3) is 0 Å². The van der Waals surface area contributed by atoms with Crippen molar-refractivity contribution in [2.75, 3.05) is 46.4 Å². The normalized spacial score (nSPS) is 20.5. The first-order chi connectivity index (χ1) is 16.0. The number of carboxylic acid groups (broad SMARTS) is 1. The predicted molar refractivity (Wildman–Crippen MR) is 125 cm³/mol. The van der Waals surface area contributed by atoms with Gasteiger partial charge in [0.25, 0.3) is 0 Å². The number of rotatable bonds is 9. The van der Waals surface area contributed by atoms with Crippen LogP contribution in [0.3, 0.4) is 0 Å². The molecule has 194 valence electrons. The van der Waals surface area contributed by atoms with Crippen molar-refractivity contribution in [3.8, 4) is 0 Å². The summed E-state index contributed by atoms with van der Waals surface area (Å²) in [7, 11) is 1.42. The predicted octanol–water partition coefficient (Wildman–Crippen LogP) is 2.12. The van der Waals surface area contributed by atoms with E-state index in [0.717, 1.165) is 25.7 Å². The molecule has 2 aliphatic heterocycles. The lowest BCUT2D eigenvalue weighted by Crippen LogP contribution is -2.47. The van der Waals surface area contributed by atoms with E-state index in [9.17, 15) is 24.3 Å². The first-order valence-electron chi connectivity index (χ1n) is 12.2. The molecular formula is C24H41N3O7. The second kappa shape index (κ2) is 12.9. The third kappa shape index (κ3) is 9.12. The number of carbonyl (C=O) groups is 4. The molecule has 0 aromatic carbocycles. The fraction of sp³-hybridized carbons (Fsp3) is 0.833. The Bertz CT molecular complexity index is 714. The summed E-state index contributed by atoms with van der Waals surface area (Å²) in [4.78, 5) is 52.3. The van der Waals surface area contributed by atoms with Crippen LogP contribution in [0, 0.1) is 17.8 Å². The van der Waals surface area contributed by atoms with Gasteiger partial charge < -0.3 is 29.7 Å². The van der Waals surface area contributed by atoms with Crippen molar-refractivity contribution in [2.24, 2.45) is 17.8 Å². The zero-order chi connectivity index (χ0) is 25.3. The maximum atomic E-state index is 12.8. The van der Waals surface area contributed by atoms with Gasteiger partial charge in [-0.1, -0.05) is 0 Å². The fourth-order valence-corrected chi connectivity index (χ4v) is 4.42. The molecule has 2 fully saturated rings. The third-order valence-corrected chi connectivity index (χ3v) is 6.42. The molecule has 0 aromatic rings. The number of carbonyl (C=O) groups excluding carboxylic acids is 3. The summed E-state index contributed by atoms with van der Waals surface area (Å²) in [5.74, 6) is -1.91. The highest BCUT2D eigenvalue weighted by Crippen LogP contribution is 2.25. The van der Waals surface area contributed by atoms with Crippen LogP contribution in [0.15, 0.2) is 0 Å². The number of aliphatic carboxylic acids is 1. The van der Waals surface area contributed by atoms with Crippen LogP contribution >= 0.6 is 0 Å². The van der Waals surface area contributed by atoms with Gasteiger partial charge in [0.1, 0.15) is 5.60 Å². The van der Waals surface area contributed by atoms with Gasteiger partial charge in [0.05, 0.1) is 18.4 Å². The van der Waals surface area contributed by atoms with Crippen LogP contribution in [0.4, 0.5) is 4.79 Å². The van der Waals surface area contributed by atoms with Gasteiger partial charge >= 0.3 is 12.1 Å². The zero-order valence-corrected chi connectivity index (χ0v) is 21.0. The Morgan fingerprint density at radius 1 is 1.06 bits per heavy atom. The molecule has 2 saturated heterocycles. The molecular weight excluding hydrogens is 442 g/mol. The molecule has 10 nitrogen and oxygen atoms in total. The van der Waals surface area contributed by atoms with Crippen molar-refractivity contribution < 1.29 is 33.8 Å². The molecule has 0 radical (unpaired) electrons. The van der Waals surface area contributed by atoms with E-state index < -0.39 is 17.5 Å². The summed E-state index contributed by atoms with van der Waals surface area (Å²) in [5, 5.41) is 11.9.